The Kier molecular flexibility index (Phi) is 4.29. The zero-order valence-corrected chi connectivity index (χ0v) is 13.5. The summed E-state index contributed by atoms with van der Waals surface area (Å²) < 4.78 is 10.4. The molecule has 0 amide bonds. The molecule has 3 rings (SSSR count). The van der Waals surface area contributed by atoms with E-state index in [4.69, 9.17) is 14.5 Å². The van der Waals surface area contributed by atoms with E-state index in [0.717, 1.165) is 34.0 Å². The van der Waals surface area contributed by atoms with Gasteiger partial charge in [-0.1, -0.05) is 0 Å². The summed E-state index contributed by atoms with van der Waals surface area (Å²) in [4.78, 5) is 4.80. The molecule has 0 radical (unpaired) electrons. The molecule has 0 saturated carbocycles. The van der Waals surface area contributed by atoms with E-state index in [1.54, 1.807) is 14.2 Å². The minimum Gasteiger partial charge on any atom is -0.497 e. The van der Waals surface area contributed by atoms with E-state index >= 15 is 0 Å². The summed E-state index contributed by atoms with van der Waals surface area (Å²) >= 11 is 0. The van der Waals surface area contributed by atoms with E-state index in [1.807, 2.05) is 48.5 Å². The van der Waals surface area contributed by atoms with Crippen molar-refractivity contribution in [2.45, 2.75) is 6.92 Å². The molecule has 0 fully saturated rings. The van der Waals surface area contributed by atoms with E-state index in [-0.39, 0.29) is 0 Å². The molecule has 0 spiro atoms. The first-order valence-electron chi connectivity index (χ1n) is 7.47. The molecule has 1 heterocycles. The van der Waals surface area contributed by atoms with Crippen LogP contribution in [0.3, 0.4) is 0 Å². The third-order valence-electron chi connectivity index (χ3n) is 3.74. The minimum absolute atomic E-state index is 0.844. The molecule has 0 N–H and O–H groups in total. The molecular formula is C20H19NO2. The van der Waals surface area contributed by atoms with E-state index in [1.165, 1.54) is 5.56 Å². The van der Waals surface area contributed by atoms with Crippen LogP contribution >= 0.6 is 0 Å². The summed E-state index contributed by atoms with van der Waals surface area (Å²) in [5.74, 6) is 1.69. The van der Waals surface area contributed by atoms with Gasteiger partial charge in [0.2, 0.25) is 0 Å². The second kappa shape index (κ2) is 6.53. The minimum atomic E-state index is 0.844. The summed E-state index contributed by atoms with van der Waals surface area (Å²) in [5.41, 5.74) is 5.24. The largest absolute Gasteiger partial charge is 0.497 e. The number of hydrogen-bond acceptors (Lipinski definition) is 3. The lowest BCUT2D eigenvalue weighted by molar-refractivity contribution is 0.415. The van der Waals surface area contributed by atoms with Gasteiger partial charge in [0.15, 0.2) is 0 Å². The van der Waals surface area contributed by atoms with Crippen molar-refractivity contribution >= 4 is 0 Å². The van der Waals surface area contributed by atoms with E-state index in [2.05, 4.69) is 19.1 Å². The van der Waals surface area contributed by atoms with Gasteiger partial charge < -0.3 is 9.47 Å². The van der Waals surface area contributed by atoms with Crippen LogP contribution in [-0.4, -0.2) is 19.2 Å². The van der Waals surface area contributed by atoms with E-state index in [9.17, 15) is 0 Å². The van der Waals surface area contributed by atoms with Gasteiger partial charge in [-0.05, 0) is 73.2 Å². The maximum Gasteiger partial charge on any atom is 0.118 e. The van der Waals surface area contributed by atoms with E-state index in [0.29, 0.717) is 0 Å². The van der Waals surface area contributed by atoms with Crippen molar-refractivity contribution in [1.29, 1.82) is 0 Å². The lowest BCUT2D eigenvalue weighted by Gasteiger charge is -2.09. The highest BCUT2D eigenvalue weighted by Crippen LogP contribution is 2.27. The topological polar surface area (TPSA) is 31.4 Å². The zero-order chi connectivity index (χ0) is 16.2. The Balaban J connectivity index is 2.00. The van der Waals surface area contributed by atoms with Gasteiger partial charge in [0.25, 0.3) is 0 Å². The van der Waals surface area contributed by atoms with Crippen LogP contribution in [0.5, 0.6) is 11.5 Å². The third kappa shape index (κ3) is 3.34. The zero-order valence-electron chi connectivity index (χ0n) is 13.5. The quantitative estimate of drug-likeness (QED) is 0.697. The lowest BCUT2D eigenvalue weighted by atomic mass is 10.1. The highest BCUT2D eigenvalue weighted by Gasteiger charge is 2.06. The van der Waals surface area contributed by atoms with Crippen molar-refractivity contribution in [3.63, 3.8) is 0 Å². The molecule has 23 heavy (non-hydrogen) atoms. The Labute approximate surface area is 136 Å². The number of rotatable bonds is 4. The number of benzene rings is 2. The van der Waals surface area contributed by atoms with Crippen molar-refractivity contribution in [1.82, 2.24) is 4.98 Å². The van der Waals surface area contributed by atoms with Gasteiger partial charge in [-0.15, -0.1) is 0 Å². The number of methoxy groups -OCH3 is 2. The number of ether oxygens (including phenoxy) is 2. The Hall–Kier alpha value is -2.81. The van der Waals surface area contributed by atoms with Crippen LogP contribution in [0, 0.1) is 6.92 Å². The number of nitrogens with zero attached hydrogens (tertiary/aromatic N) is 1. The predicted octanol–water partition coefficient (Wildman–Crippen LogP) is 4.74. The van der Waals surface area contributed by atoms with Gasteiger partial charge >= 0.3 is 0 Å². The second-order valence-electron chi connectivity index (χ2n) is 5.37. The summed E-state index contributed by atoms with van der Waals surface area (Å²) in [6.45, 7) is 2.09. The standard InChI is InChI=1S/C20H19NO2/c1-14-12-19(15-4-8-17(22-2)9-5-15)21-20(13-14)16-6-10-18(23-3)11-7-16/h4-13H,1-3H3. The molecule has 3 heteroatoms. The molecule has 0 atom stereocenters. The summed E-state index contributed by atoms with van der Waals surface area (Å²) in [5, 5.41) is 0. The molecule has 1 aromatic heterocycles. The Morgan fingerprint density at radius 3 is 1.39 bits per heavy atom. The summed E-state index contributed by atoms with van der Waals surface area (Å²) in [7, 11) is 3.34. The highest BCUT2D eigenvalue weighted by molar-refractivity contribution is 5.68. The van der Waals surface area contributed by atoms with Crippen LogP contribution in [-0.2, 0) is 0 Å². The van der Waals surface area contributed by atoms with Gasteiger partial charge in [0, 0.05) is 11.1 Å². The SMILES string of the molecule is COc1ccc(-c2cc(C)cc(-c3ccc(OC)cc3)n2)cc1. The highest BCUT2D eigenvalue weighted by atomic mass is 16.5. The molecule has 0 aliphatic rings. The van der Waals surface area contributed by atoms with Crippen LogP contribution in [0.15, 0.2) is 60.7 Å². The molecule has 0 aliphatic carbocycles. The third-order valence-corrected chi connectivity index (χ3v) is 3.74. The number of hydrogen-bond donors (Lipinski definition) is 0. The van der Waals surface area contributed by atoms with Crippen molar-refractivity contribution in [3.8, 4) is 34.0 Å². The maximum absolute atomic E-state index is 5.21. The molecule has 0 aliphatic heterocycles. The fourth-order valence-corrected chi connectivity index (χ4v) is 2.49. The summed E-state index contributed by atoms with van der Waals surface area (Å²) in [6, 6.07) is 20.1. The molecule has 3 nitrogen and oxygen atoms in total. The van der Waals surface area contributed by atoms with Gasteiger partial charge in [-0.25, -0.2) is 4.98 Å². The first kappa shape index (κ1) is 15.1. The first-order valence-corrected chi connectivity index (χ1v) is 7.47. The van der Waals surface area contributed by atoms with Crippen LogP contribution in [0.25, 0.3) is 22.5 Å². The van der Waals surface area contributed by atoms with Crippen molar-refractivity contribution in [3.05, 3.63) is 66.2 Å². The normalized spacial score (nSPS) is 10.4. The van der Waals surface area contributed by atoms with Crippen LogP contribution in [0.4, 0.5) is 0 Å². The van der Waals surface area contributed by atoms with Crippen molar-refractivity contribution in [2.75, 3.05) is 14.2 Å². The number of aryl methyl sites for hydroxylation is 1. The molecule has 3 aromatic rings. The van der Waals surface area contributed by atoms with Crippen molar-refractivity contribution < 1.29 is 9.47 Å². The molecule has 116 valence electrons. The van der Waals surface area contributed by atoms with Gasteiger partial charge in [0.1, 0.15) is 11.5 Å². The number of aromatic nitrogens is 1. The lowest BCUT2D eigenvalue weighted by Crippen LogP contribution is -1.91. The molecule has 0 bridgehead atoms. The maximum atomic E-state index is 5.21. The van der Waals surface area contributed by atoms with Crippen molar-refractivity contribution in [2.24, 2.45) is 0 Å². The average Bonchev–Trinajstić information content (AvgIpc) is 2.61. The molecule has 2 aromatic carbocycles. The Morgan fingerprint density at radius 1 is 0.652 bits per heavy atom. The second-order valence-corrected chi connectivity index (χ2v) is 5.37. The van der Waals surface area contributed by atoms with Crippen LogP contribution in [0.1, 0.15) is 5.56 Å². The van der Waals surface area contributed by atoms with E-state index < -0.39 is 0 Å². The smallest absolute Gasteiger partial charge is 0.118 e. The predicted molar refractivity (Wildman–Crippen MR) is 93.0 cm³/mol. The Morgan fingerprint density at radius 2 is 1.04 bits per heavy atom. The first-order chi connectivity index (χ1) is 11.2. The monoisotopic (exact) mass is 305 g/mol. The Bertz CT molecular complexity index is 727. The summed E-state index contributed by atoms with van der Waals surface area (Å²) in [6.07, 6.45) is 0. The fraction of sp³-hybridized carbons (Fsp3) is 0.150. The van der Waals surface area contributed by atoms with Gasteiger partial charge in [-0.2, -0.15) is 0 Å². The molecular weight excluding hydrogens is 286 g/mol. The van der Waals surface area contributed by atoms with Gasteiger partial charge in [-0.3, -0.25) is 0 Å². The molecule has 0 saturated heterocycles. The van der Waals surface area contributed by atoms with Gasteiger partial charge in [0.05, 0.1) is 25.6 Å². The molecule has 0 unspecified atom stereocenters. The average molecular weight is 305 g/mol. The van der Waals surface area contributed by atoms with Crippen LogP contribution in [0.2, 0.25) is 0 Å². The number of pyridine rings is 1. The van der Waals surface area contributed by atoms with Crippen LogP contribution < -0.4 is 9.47 Å². The fourth-order valence-electron chi connectivity index (χ4n) is 2.49.